The number of rotatable bonds is 0. The van der Waals surface area contributed by atoms with Gasteiger partial charge in [0.2, 0.25) is 0 Å². The molecule has 0 unspecified atom stereocenters. The summed E-state index contributed by atoms with van der Waals surface area (Å²) in [5.41, 5.74) is 4.50. The van der Waals surface area contributed by atoms with E-state index < -0.39 is 5.97 Å². The van der Waals surface area contributed by atoms with Crippen LogP contribution in [0.4, 0.5) is 0 Å². The summed E-state index contributed by atoms with van der Waals surface area (Å²) in [4.78, 5) is 12.5. The van der Waals surface area contributed by atoms with Crippen LogP contribution < -0.4 is 5.73 Å². The zero-order chi connectivity index (χ0) is 10.3. The van der Waals surface area contributed by atoms with Crippen LogP contribution in [0.2, 0.25) is 0 Å². The van der Waals surface area contributed by atoms with Gasteiger partial charge in [0.25, 0.3) is 0 Å². The third kappa shape index (κ3) is 265. The zero-order valence-electron chi connectivity index (χ0n) is 8.34. The van der Waals surface area contributed by atoms with Crippen LogP contribution >= 0.6 is 0 Å². The highest BCUT2D eigenvalue weighted by molar-refractivity contribution is 5.64. The monoisotopic (exact) mass is 167 g/mol. The van der Waals surface area contributed by atoms with Gasteiger partial charge in [0.1, 0.15) is 0 Å². The summed E-state index contributed by atoms with van der Waals surface area (Å²) in [6, 6.07) is 0. The van der Waals surface area contributed by atoms with Crippen molar-refractivity contribution < 1.29 is 14.9 Å². The topological polar surface area (TPSA) is 72.5 Å². The van der Waals surface area contributed by atoms with Gasteiger partial charge >= 0.3 is 5.97 Å². The lowest BCUT2D eigenvalue weighted by atomic mass is 10.9. The maximum absolute atomic E-state index is 9.34. The van der Waals surface area contributed by atoms with Gasteiger partial charge < -0.3 is 10.6 Å². The van der Waals surface area contributed by atoms with Crippen LogP contribution in [0.1, 0.15) is 34.6 Å². The van der Waals surface area contributed by atoms with Gasteiger partial charge in [-0.15, -0.1) is 0 Å². The molecule has 0 bridgehead atoms. The number of nitrogens with two attached hydrogens (primary N) is 1. The van der Waals surface area contributed by atoms with E-state index >= 15 is 0 Å². The zero-order valence-corrected chi connectivity index (χ0v) is 8.34. The molecule has 0 aliphatic carbocycles. The summed E-state index contributed by atoms with van der Waals surface area (Å²) >= 11 is 0. The van der Waals surface area contributed by atoms with E-state index in [0.717, 1.165) is 6.92 Å². The molecule has 4 nitrogen and oxygen atoms in total. The van der Waals surface area contributed by atoms with Crippen molar-refractivity contribution >= 4 is 5.97 Å². The van der Waals surface area contributed by atoms with Crippen molar-refractivity contribution in [2.45, 2.75) is 34.6 Å². The van der Waals surface area contributed by atoms with Crippen LogP contribution in [-0.2, 0) is 9.68 Å². The Balaban J connectivity index is -0.0000000350. The first-order chi connectivity index (χ1) is 5.27. The first kappa shape index (κ1) is 22.4. The summed E-state index contributed by atoms with van der Waals surface area (Å²) in [6.07, 6.45) is 0. The summed E-state index contributed by atoms with van der Waals surface area (Å²) in [5, 5.41) is 7.29. The van der Waals surface area contributed by atoms with E-state index in [9.17, 15) is 4.79 Å². The minimum atomic E-state index is -0.690. The SMILES string of the molecule is CC.CC.CC(=O)OO.CN. The standard InChI is InChI=1S/C2H4O3.2C2H6.CH5N/c1-2(3)5-4;3*1-2/h4H,1H3;2*1-2H3;2H2,1H3. The Bertz CT molecular complexity index is 49.0. The van der Waals surface area contributed by atoms with E-state index in [1.807, 2.05) is 27.7 Å². The fraction of sp³-hybridized carbons (Fsp3) is 0.857. The van der Waals surface area contributed by atoms with E-state index in [0.29, 0.717) is 0 Å². The van der Waals surface area contributed by atoms with Gasteiger partial charge in [-0.25, -0.2) is 4.79 Å². The lowest BCUT2D eigenvalue weighted by Crippen LogP contribution is -1.89. The highest BCUT2D eigenvalue weighted by Gasteiger charge is 1.79. The molecule has 0 atom stereocenters. The average molecular weight is 167 g/mol. The molecule has 72 valence electrons. The molecule has 0 aliphatic rings. The predicted molar refractivity (Wildman–Crippen MR) is 47.2 cm³/mol. The largest absolute Gasteiger partial charge is 0.339 e. The third-order valence-corrected chi connectivity index (χ3v) is 0.129. The van der Waals surface area contributed by atoms with Crippen molar-refractivity contribution in [2.24, 2.45) is 5.73 Å². The van der Waals surface area contributed by atoms with Crippen molar-refractivity contribution in [1.82, 2.24) is 0 Å². The average Bonchev–Trinajstić information content (AvgIpc) is 2.15. The number of hydrogen-bond acceptors (Lipinski definition) is 4. The molecular formula is C7H21NO3. The van der Waals surface area contributed by atoms with Crippen molar-refractivity contribution in [3.63, 3.8) is 0 Å². The highest BCUT2D eigenvalue weighted by Crippen LogP contribution is 1.59. The van der Waals surface area contributed by atoms with E-state index in [4.69, 9.17) is 5.26 Å². The second-order valence-corrected chi connectivity index (χ2v) is 0.583. The van der Waals surface area contributed by atoms with Crippen LogP contribution in [-0.4, -0.2) is 18.3 Å². The van der Waals surface area contributed by atoms with Gasteiger partial charge in [0.15, 0.2) is 0 Å². The first-order valence-corrected chi connectivity index (χ1v) is 3.67. The van der Waals surface area contributed by atoms with Crippen LogP contribution in [0.3, 0.4) is 0 Å². The van der Waals surface area contributed by atoms with Crippen molar-refractivity contribution in [3.8, 4) is 0 Å². The highest BCUT2D eigenvalue weighted by atomic mass is 17.1. The van der Waals surface area contributed by atoms with Crippen LogP contribution in [0.25, 0.3) is 0 Å². The third-order valence-electron chi connectivity index (χ3n) is 0.129. The van der Waals surface area contributed by atoms with Crippen LogP contribution in [0, 0.1) is 0 Å². The summed E-state index contributed by atoms with van der Waals surface area (Å²) in [6.45, 7) is 9.11. The molecule has 0 rings (SSSR count). The molecule has 0 aromatic carbocycles. The van der Waals surface area contributed by atoms with Crippen LogP contribution in [0.15, 0.2) is 0 Å². The van der Waals surface area contributed by atoms with Crippen molar-refractivity contribution in [1.29, 1.82) is 0 Å². The summed E-state index contributed by atoms with van der Waals surface area (Å²) in [5.74, 6) is -0.690. The maximum Gasteiger partial charge on any atom is 0.339 e. The Kier molecular flexibility index (Phi) is 117. The van der Waals surface area contributed by atoms with Gasteiger partial charge in [-0.3, -0.25) is 0 Å². The quantitative estimate of drug-likeness (QED) is 0.425. The maximum atomic E-state index is 9.34. The molecule has 0 radical (unpaired) electrons. The lowest BCUT2D eigenvalue weighted by Gasteiger charge is -1.76. The smallest absolute Gasteiger partial charge is 0.333 e. The van der Waals surface area contributed by atoms with Gasteiger partial charge in [-0.1, -0.05) is 27.7 Å². The van der Waals surface area contributed by atoms with Crippen molar-refractivity contribution in [3.05, 3.63) is 0 Å². The van der Waals surface area contributed by atoms with E-state index in [1.54, 1.807) is 0 Å². The van der Waals surface area contributed by atoms with Crippen LogP contribution in [0.5, 0.6) is 0 Å². The molecule has 0 heterocycles. The van der Waals surface area contributed by atoms with Crippen molar-refractivity contribution in [2.75, 3.05) is 7.05 Å². The fourth-order valence-electron chi connectivity index (χ4n) is 0. The Morgan fingerprint density at radius 3 is 1.27 bits per heavy atom. The van der Waals surface area contributed by atoms with E-state index in [2.05, 4.69) is 10.6 Å². The molecule has 0 saturated carbocycles. The number of carbonyl (C=O) groups excluding carboxylic acids is 1. The molecule has 4 heteroatoms. The second kappa shape index (κ2) is 57.5. The molecular weight excluding hydrogens is 146 g/mol. The minimum absolute atomic E-state index is 0.690. The molecule has 0 saturated heterocycles. The van der Waals surface area contributed by atoms with Gasteiger partial charge in [-0.2, -0.15) is 5.26 Å². The fourth-order valence-corrected chi connectivity index (χ4v) is 0. The Hall–Kier alpha value is -0.610. The molecule has 0 spiro atoms. The lowest BCUT2D eigenvalue weighted by molar-refractivity contribution is -0.231. The Labute approximate surface area is 69.3 Å². The molecule has 0 aromatic rings. The molecule has 3 N–H and O–H groups in total. The van der Waals surface area contributed by atoms with Gasteiger partial charge in [0.05, 0.1) is 0 Å². The second-order valence-electron chi connectivity index (χ2n) is 0.583. The number of hydrogen-bond donors (Lipinski definition) is 2. The predicted octanol–water partition coefficient (Wildman–Crippen LogP) is 1.65. The molecule has 0 aliphatic heterocycles. The molecule has 0 fully saturated rings. The molecule has 0 amide bonds. The van der Waals surface area contributed by atoms with Gasteiger partial charge in [0, 0.05) is 6.92 Å². The summed E-state index contributed by atoms with van der Waals surface area (Å²) < 4.78 is 0. The molecule has 11 heavy (non-hydrogen) atoms. The van der Waals surface area contributed by atoms with E-state index in [1.165, 1.54) is 7.05 Å². The summed E-state index contributed by atoms with van der Waals surface area (Å²) in [7, 11) is 1.50. The van der Waals surface area contributed by atoms with Gasteiger partial charge in [-0.05, 0) is 7.05 Å². The first-order valence-electron chi connectivity index (χ1n) is 3.67. The van der Waals surface area contributed by atoms with E-state index in [-0.39, 0.29) is 0 Å². The molecule has 0 aromatic heterocycles. The number of carbonyl (C=O) groups is 1. The Morgan fingerprint density at radius 1 is 1.18 bits per heavy atom. The minimum Gasteiger partial charge on any atom is -0.333 e. The normalized spacial score (nSPS) is 4.73. The Morgan fingerprint density at radius 2 is 1.27 bits per heavy atom.